The van der Waals surface area contributed by atoms with Crippen LogP contribution in [0.5, 0.6) is 0 Å². The molecule has 0 bridgehead atoms. The molecule has 1 atom stereocenters. The van der Waals surface area contributed by atoms with Crippen LogP contribution in [-0.4, -0.2) is 73.2 Å². The molecule has 1 aliphatic rings. The second-order valence-corrected chi connectivity index (χ2v) is 4.98. The number of hydrogen-bond donors (Lipinski definition) is 2. The van der Waals surface area contributed by atoms with E-state index >= 15 is 0 Å². The van der Waals surface area contributed by atoms with Gasteiger partial charge in [0.15, 0.2) is 0 Å². The average molecular weight is 268 g/mol. The van der Waals surface area contributed by atoms with Crippen LogP contribution in [0.2, 0.25) is 0 Å². The van der Waals surface area contributed by atoms with Crippen LogP contribution in [0, 0.1) is 11.3 Å². The maximum Gasteiger partial charge on any atom is 0.236 e. The van der Waals surface area contributed by atoms with Gasteiger partial charge in [-0.3, -0.25) is 9.69 Å². The highest BCUT2D eigenvalue weighted by Gasteiger charge is 2.20. The Hall–Kier alpha value is -1.16. The molecule has 0 aliphatic carbocycles. The van der Waals surface area contributed by atoms with Gasteiger partial charge < -0.3 is 15.3 Å². The van der Waals surface area contributed by atoms with E-state index in [-0.39, 0.29) is 12.5 Å². The Morgan fingerprint density at radius 2 is 2.32 bits per heavy atom. The van der Waals surface area contributed by atoms with Crippen LogP contribution >= 0.6 is 0 Å². The minimum atomic E-state index is 0.00157. The summed E-state index contributed by atoms with van der Waals surface area (Å²) in [6.45, 7) is 3.16. The Balaban J connectivity index is 2.38. The molecule has 108 valence electrons. The molecule has 0 aromatic rings. The van der Waals surface area contributed by atoms with E-state index in [1.807, 2.05) is 11.0 Å². The number of nitriles is 1. The summed E-state index contributed by atoms with van der Waals surface area (Å²) in [5.74, 6) is 0.00157. The smallest absolute Gasteiger partial charge is 0.236 e. The third kappa shape index (κ3) is 6.01. The highest BCUT2D eigenvalue weighted by atomic mass is 16.3. The number of hydrogen-bond acceptors (Lipinski definition) is 5. The summed E-state index contributed by atoms with van der Waals surface area (Å²) in [7, 11) is 1.71. The SMILES string of the molecule is CN(CCC#N)C(=O)CN(CCO)CC1CCCN1. The zero-order valence-corrected chi connectivity index (χ0v) is 11.6. The molecule has 0 spiro atoms. The Bertz CT molecular complexity index is 310. The molecule has 0 saturated carbocycles. The number of aliphatic hydroxyl groups is 1. The summed E-state index contributed by atoms with van der Waals surface area (Å²) in [5, 5.41) is 21.0. The van der Waals surface area contributed by atoms with E-state index in [2.05, 4.69) is 5.32 Å². The van der Waals surface area contributed by atoms with E-state index in [1.54, 1.807) is 11.9 Å². The Kier molecular flexibility index (Phi) is 7.41. The first-order valence-electron chi connectivity index (χ1n) is 6.85. The Morgan fingerprint density at radius 3 is 2.89 bits per heavy atom. The molecular weight excluding hydrogens is 244 g/mol. The van der Waals surface area contributed by atoms with E-state index < -0.39 is 0 Å². The zero-order chi connectivity index (χ0) is 14.1. The molecule has 1 aliphatic heterocycles. The van der Waals surface area contributed by atoms with E-state index in [9.17, 15) is 4.79 Å². The summed E-state index contributed by atoms with van der Waals surface area (Å²) >= 11 is 0. The first kappa shape index (κ1) is 15.9. The van der Waals surface area contributed by atoms with E-state index in [1.165, 1.54) is 6.42 Å². The lowest BCUT2D eigenvalue weighted by Gasteiger charge is -2.26. The van der Waals surface area contributed by atoms with Crippen molar-refractivity contribution in [3.63, 3.8) is 0 Å². The molecule has 6 heteroatoms. The van der Waals surface area contributed by atoms with Crippen LogP contribution in [0.3, 0.4) is 0 Å². The summed E-state index contributed by atoms with van der Waals surface area (Å²) in [4.78, 5) is 15.5. The number of rotatable bonds is 8. The number of nitrogens with one attached hydrogen (secondary N) is 1. The van der Waals surface area contributed by atoms with Gasteiger partial charge in [-0.1, -0.05) is 0 Å². The molecule has 0 aromatic carbocycles. The number of amides is 1. The van der Waals surface area contributed by atoms with Gasteiger partial charge >= 0.3 is 0 Å². The molecule has 0 aromatic heterocycles. The maximum atomic E-state index is 12.0. The van der Waals surface area contributed by atoms with Gasteiger partial charge in [-0.05, 0) is 19.4 Å². The third-order valence-electron chi connectivity index (χ3n) is 3.40. The molecule has 1 unspecified atom stereocenters. The predicted molar refractivity (Wildman–Crippen MR) is 72.4 cm³/mol. The van der Waals surface area contributed by atoms with Crippen LogP contribution in [0.25, 0.3) is 0 Å². The summed E-state index contributed by atoms with van der Waals surface area (Å²) in [6.07, 6.45) is 2.65. The van der Waals surface area contributed by atoms with Crippen molar-refractivity contribution in [2.45, 2.75) is 25.3 Å². The second-order valence-electron chi connectivity index (χ2n) is 4.98. The van der Waals surface area contributed by atoms with Crippen molar-refractivity contribution < 1.29 is 9.90 Å². The van der Waals surface area contributed by atoms with Crippen molar-refractivity contribution in [2.75, 3.05) is 46.4 Å². The molecule has 1 saturated heterocycles. The van der Waals surface area contributed by atoms with Gasteiger partial charge in [-0.2, -0.15) is 5.26 Å². The molecular formula is C13H24N4O2. The highest BCUT2D eigenvalue weighted by molar-refractivity contribution is 5.78. The van der Waals surface area contributed by atoms with Gasteiger partial charge in [0, 0.05) is 32.7 Å². The fourth-order valence-corrected chi connectivity index (χ4v) is 2.25. The molecule has 0 radical (unpaired) electrons. The monoisotopic (exact) mass is 268 g/mol. The number of nitrogens with zero attached hydrogens (tertiary/aromatic N) is 3. The molecule has 19 heavy (non-hydrogen) atoms. The second kappa shape index (κ2) is 8.86. The van der Waals surface area contributed by atoms with Gasteiger partial charge in [0.05, 0.1) is 25.6 Å². The van der Waals surface area contributed by atoms with Gasteiger partial charge in [0.1, 0.15) is 0 Å². The maximum absolute atomic E-state index is 12.0. The number of likely N-dealkylation sites (N-methyl/N-ethyl adjacent to an activating group) is 1. The lowest BCUT2D eigenvalue weighted by molar-refractivity contribution is -0.131. The van der Waals surface area contributed by atoms with E-state index in [0.29, 0.717) is 32.1 Å². The van der Waals surface area contributed by atoms with Crippen LogP contribution in [0.1, 0.15) is 19.3 Å². The lowest BCUT2D eigenvalue weighted by atomic mass is 10.2. The van der Waals surface area contributed by atoms with Crippen LogP contribution in [0.15, 0.2) is 0 Å². The summed E-state index contributed by atoms with van der Waals surface area (Å²) in [5.41, 5.74) is 0. The number of carbonyl (C=O) groups excluding carboxylic acids is 1. The van der Waals surface area contributed by atoms with Gasteiger partial charge in [-0.25, -0.2) is 0 Å². The summed E-state index contributed by atoms with van der Waals surface area (Å²) < 4.78 is 0. The van der Waals surface area contributed by atoms with E-state index in [0.717, 1.165) is 19.5 Å². The predicted octanol–water partition coefficient (Wildman–Crippen LogP) is -0.595. The van der Waals surface area contributed by atoms with E-state index in [4.69, 9.17) is 10.4 Å². The van der Waals surface area contributed by atoms with Crippen molar-refractivity contribution >= 4 is 5.91 Å². The topological polar surface area (TPSA) is 79.6 Å². The van der Waals surface area contributed by atoms with Crippen LogP contribution < -0.4 is 5.32 Å². The molecule has 6 nitrogen and oxygen atoms in total. The largest absolute Gasteiger partial charge is 0.395 e. The van der Waals surface area contributed by atoms with Crippen LogP contribution in [-0.2, 0) is 4.79 Å². The van der Waals surface area contributed by atoms with Crippen molar-refractivity contribution in [1.29, 1.82) is 5.26 Å². The van der Waals surface area contributed by atoms with Crippen molar-refractivity contribution in [3.05, 3.63) is 0 Å². The van der Waals surface area contributed by atoms with Gasteiger partial charge in [0.25, 0.3) is 0 Å². The molecule has 2 N–H and O–H groups in total. The lowest BCUT2D eigenvalue weighted by Crippen LogP contribution is -2.44. The minimum absolute atomic E-state index is 0.00157. The van der Waals surface area contributed by atoms with Crippen molar-refractivity contribution in [1.82, 2.24) is 15.1 Å². The van der Waals surface area contributed by atoms with Gasteiger partial charge in [0.2, 0.25) is 5.91 Å². The Labute approximate surface area is 115 Å². The Morgan fingerprint density at radius 1 is 1.53 bits per heavy atom. The third-order valence-corrected chi connectivity index (χ3v) is 3.40. The number of aliphatic hydroxyl groups excluding tert-OH is 1. The van der Waals surface area contributed by atoms with Gasteiger partial charge in [-0.15, -0.1) is 0 Å². The first-order chi connectivity index (χ1) is 9.17. The normalized spacial score (nSPS) is 18.5. The highest BCUT2D eigenvalue weighted by Crippen LogP contribution is 2.07. The molecule has 1 rings (SSSR count). The fraction of sp³-hybridized carbons (Fsp3) is 0.846. The van der Waals surface area contributed by atoms with Crippen molar-refractivity contribution in [3.8, 4) is 6.07 Å². The standard InChI is InChI=1S/C13H24N4O2/c1-16(7-3-5-14)13(19)11-17(8-9-18)10-12-4-2-6-15-12/h12,15,18H,2-4,6-11H2,1H3. The summed E-state index contributed by atoms with van der Waals surface area (Å²) in [6, 6.07) is 2.45. The quantitative estimate of drug-likeness (QED) is 0.615. The minimum Gasteiger partial charge on any atom is -0.395 e. The molecule has 1 amide bonds. The molecule has 1 fully saturated rings. The molecule has 1 heterocycles. The average Bonchev–Trinajstić information content (AvgIpc) is 2.88. The van der Waals surface area contributed by atoms with Crippen LogP contribution in [0.4, 0.5) is 0 Å². The first-order valence-corrected chi connectivity index (χ1v) is 6.85. The zero-order valence-electron chi connectivity index (χ0n) is 11.6. The number of carbonyl (C=O) groups is 1. The van der Waals surface area contributed by atoms with Crippen molar-refractivity contribution in [2.24, 2.45) is 0 Å². The fourth-order valence-electron chi connectivity index (χ4n) is 2.25.